The maximum Gasteiger partial charge on any atom is 0.216 e. The number of carbonyl (C=O) groups is 1. The molecule has 0 spiro atoms. The number of ketones is 1. The number of Topliss-reactive ketones (excluding diaryl/α,β-unsaturated/α-hetero) is 1. The second kappa shape index (κ2) is 9.36. The van der Waals surface area contributed by atoms with Gasteiger partial charge in [-0.25, -0.2) is 0 Å². The SMILES string of the molecule is O=C(C[NH+]1CC[NH+](C(c2ccccc2)c2ccccc2)CC1)c1ccc(Cl)cc1. The molecule has 1 heterocycles. The van der Waals surface area contributed by atoms with Crippen molar-refractivity contribution >= 4 is 17.4 Å². The largest absolute Gasteiger partial charge is 0.319 e. The lowest BCUT2D eigenvalue weighted by atomic mass is 9.96. The minimum atomic E-state index is 0.197. The zero-order valence-corrected chi connectivity index (χ0v) is 17.2. The summed E-state index contributed by atoms with van der Waals surface area (Å²) >= 11 is 5.94. The van der Waals surface area contributed by atoms with E-state index >= 15 is 0 Å². The van der Waals surface area contributed by atoms with Gasteiger partial charge in [0.25, 0.3) is 0 Å². The van der Waals surface area contributed by atoms with Gasteiger partial charge < -0.3 is 9.80 Å². The Hall–Kier alpha value is -2.46. The van der Waals surface area contributed by atoms with Gasteiger partial charge in [-0.3, -0.25) is 4.79 Å². The Labute approximate surface area is 177 Å². The van der Waals surface area contributed by atoms with Crippen molar-refractivity contribution in [2.24, 2.45) is 0 Å². The van der Waals surface area contributed by atoms with E-state index < -0.39 is 0 Å². The molecule has 3 nitrogen and oxygen atoms in total. The first-order valence-electron chi connectivity index (χ1n) is 10.3. The van der Waals surface area contributed by atoms with E-state index in [4.69, 9.17) is 11.6 Å². The second-order valence-corrected chi connectivity index (χ2v) is 8.21. The lowest BCUT2D eigenvalue weighted by molar-refractivity contribution is -1.02. The molecule has 0 bridgehead atoms. The summed E-state index contributed by atoms with van der Waals surface area (Å²) in [6.07, 6.45) is 0. The summed E-state index contributed by atoms with van der Waals surface area (Å²) in [5, 5.41) is 0.666. The minimum absolute atomic E-state index is 0.197. The van der Waals surface area contributed by atoms with Crippen LogP contribution in [0.1, 0.15) is 27.5 Å². The molecular weight excluding hydrogens is 380 g/mol. The van der Waals surface area contributed by atoms with Crippen LogP contribution in [0.25, 0.3) is 0 Å². The minimum Gasteiger partial charge on any atom is -0.319 e. The van der Waals surface area contributed by atoms with Crippen molar-refractivity contribution in [1.29, 1.82) is 0 Å². The van der Waals surface area contributed by atoms with Gasteiger partial charge in [0, 0.05) is 21.7 Å². The predicted molar refractivity (Wildman–Crippen MR) is 117 cm³/mol. The number of halogens is 1. The zero-order chi connectivity index (χ0) is 20.1. The maximum absolute atomic E-state index is 12.6. The lowest BCUT2D eigenvalue weighted by Crippen LogP contribution is -3.28. The molecule has 1 fully saturated rings. The fourth-order valence-electron chi connectivity index (χ4n) is 4.31. The van der Waals surface area contributed by atoms with Gasteiger partial charge in [-0.15, -0.1) is 0 Å². The first-order valence-corrected chi connectivity index (χ1v) is 10.7. The molecule has 0 amide bonds. The number of quaternary nitrogens is 2. The molecule has 0 saturated carbocycles. The molecule has 1 aliphatic heterocycles. The molecule has 1 aliphatic rings. The second-order valence-electron chi connectivity index (χ2n) is 7.77. The third-order valence-electron chi connectivity index (χ3n) is 5.85. The van der Waals surface area contributed by atoms with Crippen molar-refractivity contribution in [3.05, 3.63) is 107 Å². The zero-order valence-electron chi connectivity index (χ0n) is 16.5. The van der Waals surface area contributed by atoms with Crippen molar-refractivity contribution in [3.63, 3.8) is 0 Å². The van der Waals surface area contributed by atoms with Crippen LogP contribution in [0.5, 0.6) is 0 Å². The Morgan fingerprint density at radius 1 is 0.759 bits per heavy atom. The summed E-state index contributed by atoms with van der Waals surface area (Å²) in [4.78, 5) is 15.6. The Morgan fingerprint density at radius 2 is 1.28 bits per heavy atom. The molecule has 0 aliphatic carbocycles. The number of nitrogens with one attached hydrogen (secondary N) is 2. The lowest BCUT2D eigenvalue weighted by Gasteiger charge is -2.35. The number of benzene rings is 3. The molecule has 29 heavy (non-hydrogen) atoms. The van der Waals surface area contributed by atoms with E-state index in [1.807, 2.05) is 12.1 Å². The molecule has 0 unspecified atom stereocenters. The molecule has 0 radical (unpaired) electrons. The van der Waals surface area contributed by atoms with Gasteiger partial charge in [0.15, 0.2) is 0 Å². The molecule has 4 rings (SSSR count). The van der Waals surface area contributed by atoms with Crippen molar-refractivity contribution in [2.75, 3.05) is 32.7 Å². The summed E-state index contributed by atoms with van der Waals surface area (Å²) in [6.45, 7) is 4.67. The smallest absolute Gasteiger partial charge is 0.216 e. The van der Waals surface area contributed by atoms with Crippen molar-refractivity contribution in [3.8, 4) is 0 Å². The summed E-state index contributed by atoms with van der Waals surface area (Å²) in [7, 11) is 0. The average molecular weight is 407 g/mol. The Morgan fingerprint density at radius 3 is 1.79 bits per heavy atom. The van der Waals surface area contributed by atoms with E-state index in [2.05, 4.69) is 60.7 Å². The number of hydrogen-bond acceptors (Lipinski definition) is 1. The fraction of sp³-hybridized carbons (Fsp3) is 0.240. The van der Waals surface area contributed by atoms with E-state index in [-0.39, 0.29) is 5.78 Å². The predicted octanol–water partition coefficient (Wildman–Crippen LogP) is 2.10. The van der Waals surface area contributed by atoms with Gasteiger partial charge in [0.05, 0.1) is 0 Å². The van der Waals surface area contributed by atoms with E-state index in [1.54, 1.807) is 17.0 Å². The molecule has 4 heteroatoms. The van der Waals surface area contributed by atoms with Crippen LogP contribution in [0, 0.1) is 0 Å². The number of carbonyl (C=O) groups excluding carboxylic acids is 1. The van der Waals surface area contributed by atoms with E-state index in [1.165, 1.54) is 16.0 Å². The third-order valence-corrected chi connectivity index (χ3v) is 6.10. The first-order chi connectivity index (χ1) is 14.2. The normalized spacial score (nSPS) is 19.2. The number of hydrogen-bond donors (Lipinski definition) is 2. The monoisotopic (exact) mass is 406 g/mol. The van der Waals surface area contributed by atoms with Gasteiger partial charge in [-0.2, -0.15) is 0 Å². The highest BCUT2D eigenvalue weighted by atomic mass is 35.5. The maximum atomic E-state index is 12.6. The Balaban J connectivity index is 1.43. The van der Waals surface area contributed by atoms with Crippen LogP contribution in [0.4, 0.5) is 0 Å². The summed E-state index contributed by atoms with van der Waals surface area (Å²) in [5.41, 5.74) is 3.46. The van der Waals surface area contributed by atoms with Gasteiger partial charge in [0.1, 0.15) is 38.8 Å². The van der Waals surface area contributed by atoms with Crippen molar-refractivity contribution in [1.82, 2.24) is 0 Å². The van der Waals surface area contributed by atoms with E-state index in [0.29, 0.717) is 17.6 Å². The number of piperazine rings is 1. The van der Waals surface area contributed by atoms with Crippen molar-refractivity contribution < 1.29 is 14.6 Å². The molecule has 3 aromatic carbocycles. The molecule has 3 aromatic rings. The summed E-state index contributed by atoms with van der Waals surface area (Å²) in [5.74, 6) is 0.197. The third kappa shape index (κ3) is 4.94. The molecule has 1 saturated heterocycles. The molecular formula is C25H27ClN2O+2. The van der Waals surface area contributed by atoms with Gasteiger partial charge in [-0.1, -0.05) is 72.3 Å². The van der Waals surface area contributed by atoms with Crippen LogP contribution < -0.4 is 9.80 Å². The molecule has 0 atom stereocenters. The number of rotatable bonds is 6. The van der Waals surface area contributed by atoms with E-state index in [0.717, 1.165) is 31.7 Å². The highest BCUT2D eigenvalue weighted by Gasteiger charge is 2.32. The summed E-state index contributed by atoms with van der Waals surface area (Å²) in [6, 6.07) is 29.1. The van der Waals surface area contributed by atoms with Gasteiger partial charge >= 0.3 is 0 Å². The summed E-state index contributed by atoms with van der Waals surface area (Å²) < 4.78 is 0. The van der Waals surface area contributed by atoms with Gasteiger partial charge in [0.2, 0.25) is 5.78 Å². The topological polar surface area (TPSA) is 26.0 Å². The first kappa shape index (κ1) is 19.8. The van der Waals surface area contributed by atoms with E-state index in [9.17, 15) is 4.79 Å². The highest BCUT2D eigenvalue weighted by molar-refractivity contribution is 6.30. The Kier molecular flexibility index (Phi) is 6.40. The highest BCUT2D eigenvalue weighted by Crippen LogP contribution is 2.18. The Bertz CT molecular complexity index is 881. The molecule has 0 aromatic heterocycles. The van der Waals surface area contributed by atoms with Crippen molar-refractivity contribution in [2.45, 2.75) is 6.04 Å². The van der Waals surface area contributed by atoms with Crippen LogP contribution in [0.2, 0.25) is 5.02 Å². The average Bonchev–Trinajstić information content (AvgIpc) is 2.77. The van der Waals surface area contributed by atoms with Crippen LogP contribution in [-0.4, -0.2) is 38.5 Å². The van der Waals surface area contributed by atoms with Crippen LogP contribution in [0.15, 0.2) is 84.9 Å². The fourth-order valence-corrected chi connectivity index (χ4v) is 4.44. The standard InChI is InChI=1S/C25H25ClN2O/c26-23-13-11-20(12-14-23)24(29)19-27-15-17-28(18-16-27)25(21-7-3-1-4-8-21)22-9-5-2-6-10-22/h1-14,25H,15-19H2/p+2. The van der Waals surface area contributed by atoms with Crippen LogP contribution in [0.3, 0.4) is 0 Å². The quantitative estimate of drug-likeness (QED) is 0.602. The van der Waals surface area contributed by atoms with Gasteiger partial charge in [-0.05, 0) is 24.3 Å². The molecule has 148 valence electrons. The van der Waals surface area contributed by atoms with Crippen LogP contribution in [-0.2, 0) is 0 Å². The molecule has 2 N–H and O–H groups in total. The van der Waals surface area contributed by atoms with Crippen LogP contribution >= 0.6 is 11.6 Å².